The fourth-order valence-electron chi connectivity index (χ4n) is 3.25. The van der Waals surface area contributed by atoms with Crippen LogP contribution in [0, 0.1) is 0 Å². The molecule has 6 heteroatoms. The first kappa shape index (κ1) is 17.7. The third kappa shape index (κ3) is 4.11. The van der Waals surface area contributed by atoms with Crippen molar-refractivity contribution in [1.29, 1.82) is 0 Å². The van der Waals surface area contributed by atoms with E-state index < -0.39 is 0 Å². The molecule has 1 saturated carbocycles. The number of nitrogens with zero attached hydrogens (tertiary/aromatic N) is 3. The number of fused-ring (bicyclic) bond motifs is 1. The molecule has 1 aromatic carbocycles. The number of rotatable bonds is 3. The predicted octanol–water partition coefficient (Wildman–Crippen LogP) is 4.37. The topological polar surface area (TPSA) is 68.2 Å². The molecule has 0 saturated heterocycles. The summed E-state index contributed by atoms with van der Waals surface area (Å²) in [6.45, 7) is 0. The van der Waals surface area contributed by atoms with Gasteiger partial charge in [0.2, 0.25) is 0 Å². The molecule has 0 amide bonds. The summed E-state index contributed by atoms with van der Waals surface area (Å²) in [4.78, 5) is 4.44. The highest BCUT2D eigenvalue weighted by atomic mass is 35.5. The lowest BCUT2D eigenvalue weighted by Gasteiger charge is -2.23. The van der Waals surface area contributed by atoms with E-state index in [9.17, 15) is 0 Å². The Bertz CT molecular complexity index is 824. The number of halogens is 1. The molecule has 3 aromatic rings. The molecule has 0 atom stereocenters. The van der Waals surface area contributed by atoms with Crippen molar-refractivity contribution < 1.29 is 0 Å². The Kier molecular flexibility index (Phi) is 5.89. The van der Waals surface area contributed by atoms with E-state index in [1.165, 1.54) is 39.2 Å². The van der Waals surface area contributed by atoms with Crippen molar-refractivity contribution in [1.82, 2.24) is 14.6 Å². The van der Waals surface area contributed by atoms with Crippen molar-refractivity contribution in [2.45, 2.75) is 38.1 Å². The molecule has 0 aliphatic heterocycles. The van der Waals surface area contributed by atoms with E-state index in [4.69, 9.17) is 16.7 Å². The number of nitrogens with one attached hydrogen (secondary N) is 1. The fourth-order valence-corrected chi connectivity index (χ4v) is 3.44. The van der Waals surface area contributed by atoms with Crippen molar-refractivity contribution in [2.75, 3.05) is 12.4 Å². The zero-order valence-corrected chi connectivity index (χ0v) is 15.2. The largest absolute Gasteiger partial charge is 0.366 e. The lowest BCUT2D eigenvalue weighted by Crippen LogP contribution is -2.23. The number of benzene rings is 1. The highest BCUT2D eigenvalue weighted by molar-refractivity contribution is 6.30. The number of aromatic nitrogens is 3. The molecule has 0 radical (unpaired) electrons. The highest BCUT2D eigenvalue weighted by Gasteiger charge is 2.14. The maximum atomic E-state index is 6.11. The summed E-state index contributed by atoms with van der Waals surface area (Å²) in [6.07, 6.45) is 8.26. The van der Waals surface area contributed by atoms with Gasteiger partial charge in [0.1, 0.15) is 5.82 Å². The second kappa shape index (κ2) is 8.32. The quantitative estimate of drug-likeness (QED) is 0.730. The van der Waals surface area contributed by atoms with Crippen molar-refractivity contribution in [2.24, 2.45) is 5.73 Å². The van der Waals surface area contributed by atoms with Crippen molar-refractivity contribution in [3.05, 3.63) is 47.6 Å². The molecule has 5 nitrogen and oxygen atoms in total. The van der Waals surface area contributed by atoms with Gasteiger partial charge in [-0.15, -0.1) is 5.10 Å². The molecular weight excluding hydrogens is 334 g/mol. The maximum absolute atomic E-state index is 6.11. The molecule has 1 fully saturated rings. The average molecular weight is 358 g/mol. The number of imidazole rings is 1. The molecular formula is C19H24ClN5. The van der Waals surface area contributed by atoms with Crippen LogP contribution in [0.1, 0.15) is 32.1 Å². The monoisotopic (exact) mass is 357 g/mol. The van der Waals surface area contributed by atoms with E-state index in [2.05, 4.69) is 16.0 Å². The summed E-state index contributed by atoms with van der Waals surface area (Å²) >= 11 is 6.11. The van der Waals surface area contributed by atoms with E-state index in [1.807, 2.05) is 47.1 Å². The van der Waals surface area contributed by atoms with Crippen LogP contribution < -0.4 is 11.1 Å². The van der Waals surface area contributed by atoms with Gasteiger partial charge in [-0.1, -0.05) is 43.0 Å². The van der Waals surface area contributed by atoms with Crippen LogP contribution >= 0.6 is 11.6 Å². The minimum atomic E-state index is 0.534. The van der Waals surface area contributed by atoms with Gasteiger partial charge in [0, 0.05) is 16.6 Å². The lowest BCUT2D eigenvalue weighted by molar-refractivity contribution is 0.461. The predicted molar refractivity (Wildman–Crippen MR) is 104 cm³/mol. The first-order valence-electron chi connectivity index (χ1n) is 8.74. The van der Waals surface area contributed by atoms with Crippen molar-refractivity contribution in [3.8, 4) is 11.3 Å². The fraction of sp³-hybridized carbons (Fsp3) is 0.368. The Balaban J connectivity index is 0.000000880. The van der Waals surface area contributed by atoms with Gasteiger partial charge in [-0.2, -0.15) is 0 Å². The molecule has 2 aromatic heterocycles. The maximum Gasteiger partial charge on any atom is 0.154 e. The van der Waals surface area contributed by atoms with Crippen LogP contribution in [0.15, 0.2) is 42.6 Å². The summed E-state index contributed by atoms with van der Waals surface area (Å²) in [6, 6.07) is 12.3. The van der Waals surface area contributed by atoms with Crippen molar-refractivity contribution >= 4 is 23.1 Å². The summed E-state index contributed by atoms with van der Waals surface area (Å²) in [5.74, 6) is 0.908. The average Bonchev–Trinajstić information content (AvgIpc) is 3.07. The molecule has 1 aliphatic rings. The second-order valence-electron chi connectivity index (χ2n) is 6.12. The van der Waals surface area contributed by atoms with Gasteiger partial charge in [-0.3, -0.25) is 0 Å². The zero-order chi connectivity index (χ0) is 17.6. The minimum Gasteiger partial charge on any atom is -0.366 e. The van der Waals surface area contributed by atoms with Gasteiger partial charge in [0.15, 0.2) is 5.65 Å². The first-order chi connectivity index (χ1) is 12.3. The normalized spacial score (nSPS) is 14.8. The minimum absolute atomic E-state index is 0.534. The summed E-state index contributed by atoms with van der Waals surface area (Å²) in [5, 5.41) is 9.02. The lowest BCUT2D eigenvalue weighted by atomic mass is 9.95. The molecule has 1 aliphatic carbocycles. The zero-order valence-electron chi connectivity index (χ0n) is 14.5. The van der Waals surface area contributed by atoms with E-state index in [0.29, 0.717) is 11.1 Å². The molecule has 132 valence electrons. The molecule has 3 N–H and O–H groups in total. The van der Waals surface area contributed by atoms with Crippen LogP contribution in [-0.4, -0.2) is 27.7 Å². The Hall–Kier alpha value is -2.11. The van der Waals surface area contributed by atoms with Gasteiger partial charge in [-0.25, -0.2) is 9.50 Å². The first-order valence-corrected chi connectivity index (χ1v) is 9.12. The van der Waals surface area contributed by atoms with Crippen LogP contribution in [0.25, 0.3) is 16.9 Å². The third-order valence-electron chi connectivity index (χ3n) is 4.44. The van der Waals surface area contributed by atoms with Gasteiger partial charge in [0.05, 0.1) is 11.9 Å². The number of nitrogens with two attached hydrogens (primary N) is 1. The summed E-state index contributed by atoms with van der Waals surface area (Å²) < 4.78 is 1.89. The Morgan fingerprint density at radius 3 is 2.68 bits per heavy atom. The van der Waals surface area contributed by atoms with Gasteiger partial charge in [0.25, 0.3) is 0 Å². The summed E-state index contributed by atoms with van der Waals surface area (Å²) in [5.41, 5.74) is 7.32. The number of anilines is 1. The smallest absolute Gasteiger partial charge is 0.154 e. The van der Waals surface area contributed by atoms with E-state index in [-0.39, 0.29) is 0 Å². The van der Waals surface area contributed by atoms with E-state index >= 15 is 0 Å². The summed E-state index contributed by atoms with van der Waals surface area (Å²) in [7, 11) is 1.50. The second-order valence-corrected chi connectivity index (χ2v) is 6.56. The van der Waals surface area contributed by atoms with Gasteiger partial charge < -0.3 is 11.1 Å². The molecule has 2 heterocycles. The van der Waals surface area contributed by atoms with Crippen LogP contribution in [0.2, 0.25) is 5.02 Å². The molecule has 0 bridgehead atoms. The Morgan fingerprint density at radius 1 is 1.12 bits per heavy atom. The van der Waals surface area contributed by atoms with Crippen LogP contribution in [0.5, 0.6) is 0 Å². The Labute approximate surface area is 153 Å². The molecule has 0 spiro atoms. The van der Waals surface area contributed by atoms with Gasteiger partial charge in [-0.05, 0) is 44.2 Å². The van der Waals surface area contributed by atoms with Crippen molar-refractivity contribution in [3.63, 3.8) is 0 Å². The molecule has 4 rings (SSSR count). The van der Waals surface area contributed by atoms with E-state index in [0.717, 1.165) is 22.7 Å². The van der Waals surface area contributed by atoms with Crippen LogP contribution in [-0.2, 0) is 0 Å². The number of hydrogen-bond acceptors (Lipinski definition) is 4. The standard InChI is InChI=1S/C18H19ClN4.CH5N/c19-14-6-4-5-13(11-14)16-12-20-18-10-9-17(22-23(16)18)21-15-7-2-1-3-8-15;1-2/h4-6,9-12,15H,1-3,7-8H2,(H,21,22);2H2,1H3. The van der Waals surface area contributed by atoms with Crippen LogP contribution in [0.3, 0.4) is 0 Å². The van der Waals surface area contributed by atoms with E-state index in [1.54, 1.807) is 0 Å². The molecule has 0 unspecified atom stereocenters. The highest BCUT2D eigenvalue weighted by Crippen LogP contribution is 2.25. The number of hydrogen-bond donors (Lipinski definition) is 2. The Morgan fingerprint density at radius 2 is 1.92 bits per heavy atom. The third-order valence-corrected chi connectivity index (χ3v) is 4.67. The van der Waals surface area contributed by atoms with Crippen LogP contribution in [0.4, 0.5) is 5.82 Å². The van der Waals surface area contributed by atoms with Gasteiger partial charge >= 0.3 is 0 Å². The molecule has 25 heavy (non-hydrogen) atoms. The SMILES string of the molecule is CN.Clc1cccc(-c2cnc3ccc(NC4CCCCC4)nn23)c1.